The first-order chi connectivity index (χ1) is 10.6. The van der Waals surface area contributed by atoms with Crippen LogP contribution in [0.15, 0.2) is 23.2 Å². The Morgan fingerprint density at radius 2 is 1.91 bits per heavy atom. The smallest absolute Gasteiger partial charge is 0.191 e. The van der Waals surface area contributed by atoms with Gasteiger partial charge < -0.3 is 15.5 Å². The van der Waals surface area contributed by atoms with Gasteiger partial charge in [-0.05, 0) is 50.2 Å². The van der Waals surface area contributed by atoms with E-state index in [1.165, 1.54) is 6.07 Å². The summed E-state index contributed by atoms with van der Waals surface area (Å²) >= 11 is 0. The highest BCUT2D eigenvalue weighted by Crippen LogP contribution is 2.08. The van der Waals surface area contributed by atoms with Gasteiger partial charge >= 0.3 is 0 Å². The highest BCUT2D eigenvalue weighted by Gasteiger charge is 2.02. The lowest BCUT2D eigenvalue weighted by Crippen LogP contribution is -2.38. The van der Waals surface area contributed by atoms with Crippen LogP contribution in [-0.4, -0.2) is 44.1 Å². The Balaban J connectivity index is 0.00000484. The van der Waals surface area contributed by atoms with E-state index in [2.05, 4.69) is 34.4 Å². The Bertz CT molecular complexity index is 476. The lowest BCUT2D eigenvalue weighted by atomic mass is 10.1. The van der Waals surface area contributed by atoms with Crippen LogP contribution in [0.4, 0.5) is 4.39 Å². The normalized spacial score (nSPS) is 11.3. The number of aryl methyl sites for hydroxylation is 1. The maximum Gasteiger partial charge on any atom is 0.191 e. The Morgan fingerprint density at radius 1 is 1.22 bits per heavy atom. The van der Waals surface area contributed by atoms with Crippen molar-refractivity contribution in [3.63, 3.8) is 0 Å². The molecule has 132 valence electrons. The van der Waals surface area contributed by atoms with Crippen molar-refractivity contribution in [1.82, 2.24) is 15.5 Å². The maximum atomic E-state index is 13.2. The van der Waals surface area contributed by atoms with E-state index in [1.807, 2.05) is 6.07 Å². The van der Waals surface area contributed by atoms with E-state index < -0.39 is 0 Å². The molecule has 0 spiro atoms. The topological polar surface area (TPSA) is 39.7 Å². The molecule has 23 heavy (non-hydrogen) atoms. The molecule has 0 saturated carbocycles. The van der Waals surface area contributed by atoms with Crippen LogP contribution in [0.25, 0.3) is 0 Å². The molecule has 2 N–H and O–H groups in total. The Morgan fingerprint density at radius 3 is 2.48 bits per heavy atom. The molecule has 0 unspecified atom stereocenters. The van der Waals surface area contributed by atoms with Crippen molar-refractivity contribution in [2.24, 2.45) is 4.99 Å². The maximum absolute atomic E-state index is 13.2. The molecule has 0 radical (unpaired) electrons. The molecule has 1 aromatic carbocycles. The first kappa shape index (κ1) is 22.1. The third-order valence-corrected chi connectivity index (χ3v) is 3.74. The highest BCUT2D eigenvalue weighted by molar-refractivity contribution is 14.0. The predicted molar refractivity (Wildman–Crippen MR) is 107 cm³/mol. The summed E-state index contributed by atoms with van der Waals surface area (Å²) in [4.78, 5) is 6.61. The van der Waals surface area contributed by atoms with Crippen molar-refractivity contribution in [3.05, 3.63) is 35.1 Å². The number of halogens is 2. The molecule has 0 atom stereocenters. The third kappa shape index (κ3) is 8.50. The minimum atomic E-state index is -0.164. The first-order valence-corrected chi connectivity index (χ1v) is 8.02. The molecule has 6 heteroatoms. The van der Waals surface area contributed by atoms with Gasteiger partial charge in [0.25, 0.3) is 0 Å². The molecule has 0 aromatic heterocycles. The van der Waals surface area contributed by atoms with Crippen LogP contribution in [0.2, 0.25) is 0 Å². The average molecular weight is 436 g/mol. The number of aliphatic imine (C=N–C) groups is 1. The zero-order chi connectivity index (χ0) is 16.4. The summed E-state index contributed by atoms with van der Waals surface area (Å²) in [7, 11) is 1.76. The number of hydrogen-bond donors (Lipinski definition) is 2. The molecular weight excluding hydrogens is 406 g/mol. The van der Waals surface area contributed by atoms with Crippen LogP contribution in [0.5, 0.6) is 0 Å². The summed E-state index contributed by atoms with van der Waals surface area (Å²) < 4.78 is 13.2. The van der Waals surface area contributed by atoms with E-state index >= 15 is 0 Å². The summed E-state index contributed by atoms with van der Waals surface area (Å²) in [6.07, 6.45) is 1.08. The molecular formula is C17H30FIN4. The number of hydrogen-bond acceptors (Lipinski definition) is 2. The summed E-state index contributed by atoms with van der Waals surface area (Å²) in [5.41, 5.74) is 1.71. The summed E-state index contributed by atoms with van der Waals surface area (Å²) in [6, 6.07) is 5.16. The van der Waals surface area contributed by atoms with Crippen LogP contribution in [-0.2, 0) is 6.54 Å². The van der Waals surface area contributed by atoms with E-state index in [0.717, 1.165) is 44.1 Å². The summed E-state index contributed by atoms with van der Waals surface area (Å²) in [5, 5.41) is 6.56. The monoisotopic (exact) mass is 436 g/mol. The second-order valence-corrected chi connectivity index (χ2v) is 5.32. The van der Waals surface area contributed by atoms with Crippen LogP contribution < -0.4 is 10.6 Å². The molecule has 1 rings (SSSR count). The van der Waals surface area contributed by atoms with Crippen LogP contribution in [0.3, 0.4) is 0 Å². The molecule has 0 saturated heterocycles. The van der Waals surface area contributed by atoms with E-state index in [0.29, 0.717) is 12.1 Å². The Labute approximate surface area is 157 Å². The second-order valence-electron chi connectivity index (χ2n) is 5.32. The molecule has 0 aliphatic carbocycles. The van der Waals surface area contributed by atoms with Crippen molar-refractivity contribution in [1.29, 1.82) is 0 Å². The molecule has 4 nitrogen and oxygen atoms in total. The van der Waals surface area contributed by atoms with Crippen molar-refractivity contribution in [2.45, 2.75) is 33.7 Å². The van der Waals surface area contributed by atoms with E-state index in [-0.39, 0.29) is 29.8 Å². The van der Waals surface area contributed by atoms with Crippen LogP contribution in [0.1, 0.15) is 31.4 Å². The molecule has 0 fully saturated rings. The zero-order valence-corrected chi connectivity index (χ0v) is 17.0. The number of benzene rings is 1. The minimum Gasteiger partial charge on any atom is -0.356 e. The number of guanidine groups is 1. The van der Waals surface area contributed by atoms with Crippen molar-refractivity contribution >= 4 is 29.9 Å². The van der Waals surface area contributed by atoms with Gasteiger partial charge in [0, 0.05) is 20.1 Å². The van der Waals surface area contributed by atoms with E-state index in [1.54, 1.807) is 20.0 Å². The Kier molecular flexibility index (Phi) is 12.0. The van der Waals surface area contributed by atoms with Crippen molar-refractivity contribution in [2.75, 3.05) is 33.2 Å². The largest absolute Gasteiger partial charge is 0.356 e. The lowest BCUT2D eigenvalue weighted by molar-refractivity contribution is 0.300. The zero-order valence-electron chi connectivity index (χ0n) is 14.7. The van der Waals surface area contributed by atoms with E-state index in [4.69, 9.17) is 0 Å². The molecule has 0 heterocycles. The number of rotatable bonds is 8. The van der Waals surface area contributed by atoms with Crippen molar-refractivity contribution in [3.8, 4) is 0 Å². The fourth-order valence-corrected chi connectivity index (χ4v) is 2.27. The molecule has 0 aliphatic rings. The van der Waals surface area contributed by atoms with Gasteiger partial charge in [0.2, 0.25) is 0 Å². The second kappa shape index (κ2) is 12.5. The predicted octanol–water partition coefficient (Wildman–Crippen LogP) is 3.15. The first-order valence-electron chi connectivity index (χ1n) is 8.02. The fourth-order valence-electron chi connectivity index (χ4n) is 2.27. The van der Waals surface area contributed by atoms with Gasteiger partial charge in [-0.3, -0.25) is 4.99 Å². The van der Waals surface area contributed by atoms with Crippen LogP contribution >= 0.6 is 24.0 Å². The quantitative estimate of drug-likeness (QED) is 0.285. The van der Waals surface area contributed by atoms with Gasteiger partial charge in [-0.1, -0.05) is 26.0 Å². The molecule has 0 bridgehead atoms. The standard InChI is InChI=1S/C17H29FN4.HI/c1-5-22(6-2)11-7-10-20-17(19-4)21-13-15-8-9-16(18)14(3)12-15;/h8-9,12H,5-7,10-11,13H2,1-4H3,(H2,19,20,21);1H. The Hall–Kier alpha value is -0.890. The van der Waals surface area contributed by atoms with Crippen molar-refractivity contribution < 1.29 is 4.39 Å². The van der Waals surface area contributed by atoms with Gasteiger partial charge in [-0.25, -0.2) is 4.39 Å². The third-order valence-electron chi connectivity index (χ3n) is 3.74. The highest BCUT2D eigenvalue weighted by atomic mass is 127. The van der Waals surface area contributed by atoms with Gasteiger partial charge in [0.05, 0.1) is 0 Å². The number of nitrogens with one attached hydrogen (secondary N) is 2. The van der Waals surface area contributed by atoms with Gasteiger partial charge in [0.1, 0.15) is 5.82 Å². The lowest BCUT2D eigenvalue weighted by Gasteiger charge is -2.18. The molecule has 1 aromatic rings. The molecule has 0 aliphatic heterocycles. The van der Waals surface area contributed by atoms with Gasteiger partial charge in [0.15, 0.2) is 5.96 Å². The SMILES string of the molecule is CCN(CC)CCCNC(=NC)NCc1ccc(F)c(C)c1.I. The number of nitrogens with zero attached hydrogens (tertiary/aromatic N) is 2. The minimum absolute atomic E-state index is 0. The fraction of sp³-hybridized carbons (Fsp3) is 0.588. The summed E-state index contributed by atoms with van der Waals surface area (Å²) in [5.74, 6) is 0.615. The van der Waals surface area contributed by atoms with E-state index in [9.17, 15) is 4.39 Å². The van der Waals surface area contributed by atoms with Crippen LogP contribution in [0, 0.1) is 12.7 Å². The summed E-state index contributed by atoms with van der Waals surface area (Å²) in [6.45, 7) is 10.9. The van der Waals surface area contributed by atoms with Gasteiger partial charge in [-0.15, -0.1) is 24.0 Å². The van der Waals surface area contributed by atoms with Gasteiger partial charge in [-0.2, -0.15) is 0 Å². The average Bonchev–Trinajstić information content (AvgIpc) is 2.53. The molecule has 0 amide bonds.